The van der Waals surface area contributed by atoms with Crippen LogP contribution in [-0.4, -0.2) is 24.8 Å². The summed E-state index contributed by atoms with van der Waals surface area (Å²) in [5, 5.41) is 12.0. The molecule has 0 aliphatic rings. The monoisotopic (exact) mass is 276 g/mol. The molecule has 0 amide bonds. The number of anilines is 1. The molecular weight excluding hydrogens is 268 g/mol. The molecule has 2 aromatic heterocycles. The van der Waals surface area contributed by atoms with Crippen molar-refractivity contribution in [1.82, 2.24) is 24.8 Å². The van der Waals surface area contributed by atoms with E-state index in [0.717, 1.165) is 5.56 Å². The van der Waals surface area contributed by atoms with Crippen LogP contribution in [0.5, 0.6) is 0 Å². The second-order valence-corrected chi connectivity index (χ2v) is 4.37. The van der Waals surface area contributed by atoms with Gasteiger partial charge in [-0.05, 0) is 11.6 Å². The second-order valence-electron chi connectivity index (χ2n) is 3.96. The molecule has 0 aliphatic carbocycles. The fourth-order valence-electron chi connectivity index (χ4n) is 1.75. The minimum Gasteiger partial charge on any atom is -0.366 e. The zero-order valence-electron chi connectivity index (χ0n) is 9.67. The van der Waals surface area contributed by atoms with Gasteiger partial charge in [-0.25, -0.2) is 0 Å². The van der Waals surface area contributed by atoms with Gasteiger partial charge in [-0.1, -0.05) is 29.8 Å². The van der Waals surface area contributed by atoms with Gasteiger partial charge in [0.25, 0.3) is 11.3 Å². The molecule has 7 nitrogen and oxygen atoms in total. The van der Waals surface area contributed by atoms with Crippen LogP contribution in [0.25, 0.3) is 5.78 Å². The minimum absolute atomic E-state index is 0.117. The highest BCUT2D eigenvalue weighted by molar-refractivity contribution is 6.31. The summed E-state index contributed by atoms with van der Waals surface area (Å²) < 4.78 is 1.29. The molecule has 0 atom stereocenters. The molecule has 19 heavy (non-hydrogen) atoms. The Hall–Kier alpha value is -2.41. The lowest BCUT2D eigenvalue weighted by Crippen LogP contribution is -2.19. The lowest BCUT2D eigenvalue weighted by molar-refractivity contribution is 0.831. The van der Waals surface area contributed by atoms with Crippen LogP contribution in [0.2, 0.25) is 5.02 Å². The number of hydrogen-bond donors (Lipinski definition) is 2. The number of aromatic amines is 1. The van der Waals surface area contributed by atoms with E-state index in [1.54, 1.807) is 6.07 Å². The van der Waals surface area contributed by atoms with Crippen LogP contribution in [0, 0.1) is 0 Å². The molecule has 0 fully saturated rings. The zero-order chi connectivity index (χ0) is 13.4. The van der Waals surface area contributed by atoms with Gasteiger partial charge in [0.1, 0.15) is 5.69 Å². The van der Waals surface area contributed by atoms with Crippen LogP contribution < -0.4 is 11.3 Å². The normalized spacial score (nSPS) is 11.0. The molecule has 0 unspecified atom stereocenters. The van der Waals surface area contributed by atoms with E-state index in [4.69, 9.17) is 17.3 Å². The standard InChI is InChI=1S/C11H9ClN6O/c12-7-4-2-1-3-6(7)5-8-9(19)14-11-16-15-10(13)18(11)17-8/h1-4H,5H2,(H2,13,15)(H,14,16,19). The Balaban J connectivity index is 2.10. The number of halogens is 1. The summed E-state index contributed by atoms with van der Waals surface area (Å²) in [6.07, 6.45) is 0.308. The van der Waals surface area contributed by atoms with Crippen molar-refractivity contribution < 1.29 is 0 Å². The first-order chi connectivity index (χ1) is 9.15. The first-order valence-corrected chi connectivity index (χ1v) is 5.86. The summed E-state index contributed by atoms with van der Waals surface area (Å²) in [7, 11) is 0. The average Bonchev–Trinajstić information content (AvgIpc) is 2.74. The molecule has 2 heterocycles. The molecule has 3 N–H and O–H groups in total. The van der Waals surface area contributed by atoms with Crippen LogP contribution in [0.4, 0.5) is 5.95 Å². The van der Waals surface area contributed by atoms with E-state index in [9.17, 15) is 4.79 Å². The molecule has 8 heteroatoms. The van der Waals surface area contributed by atoms with Gasteiger partial charge in [0.05, 0.1) is 0 Å². The number of fused-ring (bicyclic) bond motifs is 1. The number of benzene rings is 1. The SMILES string of the molecule is Nc1nnc2[nH]c(=O)c(Cc3ccccc3Cl)nn12. The minimum atomic E-state index is -0.334. The van der Waals surface area contributed by atoms with Gasteiger partial charge in [0.2, 0.25) is 5.95 Å². The zero-order valence-corrected chi connectivity index (χ0v) is 10.4. The molecule has 0 spiro atoms. The van der Waals surface area contributed by atoms with Crippen molar-refractivity contribution in [2.75, 3.05) is 5.73 Å². The number of hydrogen-bond acceptors (Lipinski definition) is 5. The average molecular weight is 277 g/mol. The number of H-pyrrole nitrogens is 1. The second kappa shape index (κ2) is 4.36. The molecule has 1 aromatic carbocycles. The van der Waals surface area contributed by atoms with Gasteiger partial charge in [-0.2, -0.15) is 9.61 Å². The highest BCUT2D eigenvalue weighted by Crippen LogP contribution is 2.16. The molecule has 0 saturated carbocycles. The van der Waals surface area contributed by atoms with E-state index in [0.29, 0.717) is 17.1 Å². The van der Waals surface area contributed by atoms with E-state index < -0.39 is 0 Å². The summed E-state index contributed by atoms with van der Waals surface area (Å²) in [5.41, 5.74) is 6.38. The highest BCUT2D eigenvalue weighted by atomic mass is 35.5. The van der Waals surface area contributed by atoms with E-state index in [-0.39, 0.29) is 17.3 Å². The molecular formula is C11H9ClN6O. The summed E-state index contributed by atoms with van der Waals surface area (Å²) in [5.74, 6) is 0.331. The molecule has 0 radical (unpaired) electrons. The van der Waals surface area contributed by atoms with E-state index in [1.165, 1.54) is 4.52 Å². The van der Waals surface area contributed by atoms with Crippen molar-refractivity contribution in [3.63, 3.8) is 0 Å². The van der Waals surface area contributed by atoms with Crippen molar-refractivity contribution >= 4 is 23.3 Å². The lowest BCUT2D eigenvalue weighted by atomic mass is 10.1. The maximum atomic E-state index is 11.9. The summed E-state index contributed by atoms with van der Waals surface area (Å²) in [4.78, 5) is 14.4. The predicted molar refractivity (Wildman–Crippen MR) is 70.1 cm³/mol. The van der Waals surface area contributed by atoms with Gasteiger partial charge >= 0.3 is 0 Å². The molecule has 0 aliphatic heterocycles. The van der Waals surface area contributed by atoms with Crippen LogP contribution in [-0.2, 0) is 6.42 Å². The molecule has 96 valence electrons. The maximum absolute atomic E-state index is 11.9. The Labute approximate surface area is 112 Å². The Bertz CT molecular complexity index is 808. The van der Waals surface area contributed by atoms with E-state index >= 15 is 0 Å². The fraction of sp³-hybridized carbons (Fsp3) is 0.0909. The summed E-state index contributed by atoms with van der Waals surface area (Å²) in [6, 6.07) is 7.27. The van der Waals surface area contributed by atoms with Crippen LogP contribution in [0.3, 0.4) is 0 Å². The van der Waals surface area contributed by atoms with Gasteiger partial charge in [-0.15, -0.1) is 10.2 Å². The van der Waals surface area contributed by atoms with Crippen LogP contribution in [0.15, 0.2) is 29.1 Å². The van der Waals surface area contributed by atoms with Crippen LogP contribution in [0.1, 0.15) is 11.3 Å². The fourth-order valence-corrected chi connectivity index (χ4v) is 1.95. The Morgan fingerprint density at radius 3 is 2.89 bits per heavy atom. The molecule has 3 rings (SSSR count). The highest BCUT2D eigenvalue weighted by Gasteiger charge is 2.11. The number of rotatable bonds is 2. The number of nitrogens with zero attached hydrogens (tertiary/aromatic N) is 4. The Morgan fingerprint density at radius 1 is 1.32 bits per heavy atom. The van der Waals surface area contributed by atoms with Gasteiger partial charge in [0.15, 0.2) is 0 Å². The van der Waals surface area contributed by atoms with Crippen molar-refractivity contribution in [3.8, 4) is 0 Å². The largest absolute Gasteiger partial charge is 0.366 e. The third kappa shape index (κ3) is 2.04. The van der Waals surface area contributed by atoms with Gasteiger partial charge < -0.3 is 5.73 Å². The maximum Gasteiger partial charge on any atom is 0.274 e. The predicted octanol–water partition coefficient (Wildman–Crippen LogP) is 0.639. The molecule has 0 bridgehead atoms. The van der Waals surface area contributed by atoms with Crippen molar-refractivity contribution in [2.45, 2.75) is 6.42 Å². The van der Waals surface area contributed by atoms with Gasteiger partial charge in [0, 0.05) is 11.4 Å². The molecule has 0 saturated heterocycles. The quantitative estimate of drug-likeness (QED) is 0.715. The number of nitrogen functional groups attached to an aromatic ring is 1. The molecule has 3 aromatic rings. The van der Waals surface area contributed by atoms with Crippen LogP contribution >= 0.6 is 11.6 Å². The first-order valence-electron chi connectivity index (χ1n) is 5.48. The summed E-state index contributed by atoms with van der Waals surface area (Å²) >= 11 is 6.06. The van der Waals surface area contributed by atoms with E-state index in [2.05, 4.69) is 20.3 Å². The van der Waals surface area contributed by atoms with Crippen molar-refractivity contribution in [2.24, 2.45) is 0 Å². The Morgan fingerprint density at radius 2 is 2.11 bits per heavy atom. The smallest absolute Gasteiger partial charge is 0.274 e. The number of aromatic nitrogens is 5. The van der Waals surface area contributed by atoms with E-state index in [1.807, 2.05) is 18.2 Å². The van der Waals surface area contributed by atoms with Crippen molar-refractivity contribution in [1.29, 1.82) is 0 Å². The number of nitrogens with two attached hydrogens (primary N) is 1. The topological polar surface area (TPSA) is 102 Å². The van der Waals surface area contributed by atoms with Gasteiger partial charge in [-0.3, -0.25) is 9.78 Å². The van der Waals surface area contributed by atoms with Crippen molar-refractivity contribution in [3.05, 3.63) is 50.9 Å². The number of nitrogens with one attached hydrogen (secondary N) is 1. The first kappa shape index (κ1) is 11.7. The Kier molecular flexibility index (Phi) is 2.68. The third-order valence-electron chi connectivity index (χ3n) is 2.69. The lowest BCUT2D eigenvalue weighted by Gasteiger charge is -2.03. The summed E-state index contributed by atoms with van der Waals surface area (Å²) in [6.45, 7) is 0. The third-order valence-corrected chi connectivity index (χ3v) is 3.06.